The third-order valence-electron chi connectivity index (χ3n) is 4.48. The second kappa shape index (κ2) is 7.75. The van der Waals surface area contributed by atoms with Gasteiger partial charge in [0.25, 0.3) is 0 Å². The van der Waals surface area contributed by atoms with E-state index in [2.05, 4.69) is 10.3 Å². The van der Waals surface area contributed by atoms with Crippen molar-refractivity contribution in [1.29, 1.82) is 0 Å². The molecule has 0 unspecified atom stereocenters. The van der Waals surface area contributed by atoms with Crippen molar-refractivity contribution < 1.29 is 28.6 Å². The van der Waals surface area contributed by atoms with E-state index in [9.17, 15) is 18.8 Å². The molecule has 1 aromatic carbocycles. The van der Waals surface area contributed by atoms with E-state index in [1.165, 1.54) is 24.0 Å². The summed E-state index contributed by atoms with van der Waals surface area (Å²) in [6.07, 6.45) is 0.779. The average molecular weight is 377 g/mol. The van der Waals surface area contributed by atoms with Crippen LogP contribution in [-0.4, -0.2) is 64.6 Å². The molecule has 2 atom stereocenters. The summed E-state index contributed by atoms with van der Waals surface area (Å²) in [5.41, 5.74) is 1.34. The first kappa shape index (κ1) is 18.8. The monoisotopic (exact) mass is 377 g/mol. The summed E-state index contributed by atoms with van der Waals surface area (Å²) in [4.78, 5) is 40.0. The fraction of sp³-hybridized carbons (Fsp3) is 0.389. The first-order valence-electron chi connectivity index (χ1n) is 8.51. The molecule has 8 nitrogen and oxygen atoms in total. The summed E-state index contributed by atoms with van der Waals surface area (Å²) < 4.78 is 18.5. The molecule has 3 N–H and O–H groups in total. The largest absolute Gasteiger partial charge is 0.479 e. The molecule has 0 aliphatic carbocycles. The smallest absolute Gasteiger partial charge is 0.334 e. The SMILES string of the molecule is CC(=O)N[C@@H](Cc1c[nH]c2cc(F)ccc12)C(=O)N1CCO[C@H](C(=O)O)C1. The van der Waals surface area contributed by atoms with Crippen LogP contribution < -0.4 is 5.32 Å². The predicted molar refractivity (Wildman–Crippen MR) is 93.5 cm³/mol. The Morgan fingerprint density at radius 2 is 2.22 bits per heavy atom. The quantitative estimate of drug-likeness (QED) is 0.709. The van der Waals surface area contributed by atoms with Crippen LogP contribution in [0.3, 0.4) is 0 Å². The van der Waals surface area contributed by atoms with Crippen LogP contribution in [0.25, 0.3) is 10.9 Å². The van der Waals surface area contributed by atoms with E-state index >= 15 is 0 Å². The number of morpholine rings is 1. The van der Waals surface area contributed by atoms with Crippen molar-refractivity contribution >= 4 is 28.7 Å². The summed E-state index contributed by atoms with van der Waals surface area (Å²) in [5, 5.41) is 12.5. The minimum atomic E-state index is -1.14. The number of aromatic amines is 1. The molecule has 2 heterocycles. The maximum Gasteiger partial charge on any atom is 0.334 e. The Hall–Kier alpha value is -2.94. The highest BCUT2D eigenvalue weighted by atomic mass is 19.1. The van der Waals surface area contributed by atoms with Crippen molar-refractivity contribution in [2.45, 2.75) is 25.5 Å². The minimum Gasteiger partial charge on any atom is -0.479 e. The number of nitrogens with one attached hydrogen (secondary N) is 2. The minimum absolute atomic E-state index is 0.0800. The van der Waals surface area contributed by atoms with Crippen LogP contribution in [0.2, 0.25) is 0 Å². The highest BCUT2D eigenvalue weighted by Crippen LogP contribution is 2.21. The van der Waals surface area contributed by atoms with Gasteiger partial charge in [-0.1, -0.05) is 0 Å². The number of carboxylic acid groups (broad SMARTS) is 1. The van der Waals surface area contributed by atoms with E-state index in [1.54, 1.807) is 12.3 Å². The molecule has 1 aliphatic rings. The highest BCUT2D eigenvalue weighted by Gasteiger charge is 2.33. The summed E-state index contributed by atoms with van der Waals surface area (Å²) in [6.45, 7) is 1.59. The number of aromatic nitrogens is 1. The van der Waals surface area contributed by atoms with E-state index < -0.39 is 18.1 Å². The first-order chi connectivity index (χ1) is 12.8. The van der Waals surface area contributed by atoms with Gasteiger partial charge in [0.1, 0.15) is 11.9 Å². The molecular formula is C18H20FN3O5. The van der Waals surface area contributed by atoms with Gasteiger partial charge in [0.05, 0.1) is 13.2 Å². The topological polar surface area (TPSA) is 112 Å². The van der Waals surface area contributed by atoms with E-state index in [0.717, 1.165) is 10.9 Å². The second-order valence-electron chi connectivity index (χ2n) is 6.44. The Balaban J connectivity index is 1.81. The number of benzene rings is 1. The number of carbonyl (C=O) groups is 3. The molecule has 0 radical (unpaired) electrons. The highest BCUT2D eigenvalue weighted by molar-refractivity contribution is 5.89. The number of aliphatic carboxylic acids is 1. The van der Waals surface area contributed by atoms with Crippen molar-refractivity contribution in [1.82, 2.24) is 15.2 Å². The molecule has 2 aromatic rings. The Labute approximate surface area is 154 Å². The fourth-order valence-electron chi connectivity index (χ4n) is 3.21. The van der Waals surface area contributed by atoms with Crippen molar-refractivity contribution in [2.24, 2.45) is 0 Å². The molecule has 1 saturated heterocycles. The number of nitrogens with zero attached hydrogens (tertiary/aromatic N) is 1. The zero-order chi connectivity index (χ0) is 19.6. The standard InChI is InChI=1S/C18H20FN3O5/c1-10(23)21-15(17(24)22-4-5-27-16(9-22)18(25)26)6-11-8-20-14-7-12(19)2-3-13(11)14/h2-3,7-8,15-16,20H,4-6,9H2,1H3,(H,21,23)(H,25,26)/t15-,16-/m0/s1. The maximum absolute atomic E-state index is 13.4. The van der Waals surface area contributed by atoms with Gasteiger partial charge < -0.3 is 25.0 Å². The van der Waals surface area contributed by atoms with Gasteiger partial charge in [-0.15, -0.1) is 0 Å². The van der Waals surface area contributed by atoms with Crippen molar-refractivity contribution in [3.63, 3.8) is 0 Å². The Morgan fingerprint density at radius 3 is 2.93 bits per heavy atom. The summed E-state index contributed by atoms with van der Waals surface area (Å²) in [5.74, 6) is -2.26. The molecule has 0 bridgehead atoms. The van der Waals surface area contributed by atoms with E-state index in [4.69, 9.17) is 9.84 Å². The molecule has 0 spiro atoms. The molecule has 1 aromatic heterocycles. The van der Waals surface area contributed by atoms with Crippen LogP contribution in [0.1, 0.15) is 12.5 Å². The van der Waals surface area contributed by atoms with Crippen LogP contribution in [-0.2, 0) is 25.5 Å². The number of fused-ring (bicyclic) bond motifs is 1. The number of rotatable bonds is 5. The molecule has 27 heavy (non-hydrogen) atoms. The van der Waals surface area contributed by atoms with Crippen molar-refractivity contribution in [3.8, 4) is 0 Å². The maximum atomic E-state index is 13.4. The number of H-pyrrole nitrogens is 1. The summed E-state index contributed by atoms with van der Waals surface area (Å²) >= 11 is 0. The molecule has 1 aliphatic heterocycles. The molecule has 3 rings (SSSR count). The molecule has 1 fully saturated rings. The normalized spacial score (nSPS) is 18.3. The lowest BCUT2D eigenvalue weighted by Gasteiger charge is -2.33. The van der Waals surface area contributed by atoms with Gasteiger partial charge in [-0.2, -0.15) is 0 Å². The summed E-state index contributed by atoms with van der Waals surface area (Å²) in [6, 6.07) is 3.43. The molecule has 2 amide bonds. The van der Waals surface area contributed by atoms with Gasteiger partial charge >= 0.3 is 5.97 Å². The van der Waals surface area contributed by atoms with Crippen LogP contribution in [0.5, 0.6) is 0 Å². The van der Waals surface area contributed by atoms with Crippen LogP contribution in [0.4, 0.5) is 4.39 Å². The predicted octanol–water partition coefficient (Wildman–Crippen LogP) is 0.666. The Morgan fingerprint density at radius 1 is 1.44 bits per heavy atom. The fourth-order valence-corrected chi connectivity index (χ4v) is 3.21. The van der Waals surface area contributed by atoms with Gasteiger partial charge in [0.2, 0.25) is 11.8 Å². The lowest BCUT2D eigenvalue weighted by atomic mass is 10.0. The third kappa shape index (κ3) is 4.25. The number of carbonyl (C=O) groups excluding carboxylic acids is 2. The number of halogens is 1. The first-order valence-corrected chi connectivity index (χ1v) is 8.51. The van der Waals surface area contributed by atoms with Crippen LogP contribution in [0.15, 0.2) is 24.4 Å². The van der Waals surface area contributed by atoms with Gasteiger partial charge in [0.15, 0.2) is 6.10 Å². The van der Waals surface area contributed by atoms with Crippen molar-refractivity contribution in [3.05, 3.63) is 35.8 Å². The third-order valence-corrected chi connectivity index (χ3v) is 4.48. The van der Waals surface area contributed by atoms with E-state index in [1.807, 2.05) is 0 Å². The summed E-state index contributed by atoms with van der Waals surface area (Å²) in [7, 11) is 0. The number of hydrogen-bond donors (Lipinski definition) is 3. The number of carboxylic acids is 1. The van der Waals surface area contributed by atoms with Gasteiger partial charge in [-0.25, -0.2) is 9.18 Å². The second-order valence-corrected chi connectivity index (χ2v) is 6.44. The van der Waals surface area contributed by atoms with E-state index in [0.29, 0.717) is 5.52 Å². The van der Waals surface area contributed by atoms with Crippen LogP contribution >= 0.6 is 0 Å². The molecule has 0 saturated carbocycles. The zero-order valence-corrected chi connectivity index (χ0v) is 14.7. The average Bonchev–Trinajstić information content (AvgIpc) is 3.02. The Bertz CT molecular complexity index is 881. The lowest BCUT2D eigenvalue weighted by molar-refractivity contribution is -0.160. The number of hydrogen-bond acceptors (Lipinski definition) is 4. The number of amides is 2. The molecule has 144 valence electrons. The van der Waals surface area contributed by atoms with Gasteiger partial charge in [-0.3, -0.25) is 9.59 Å². The number of ether oxygens (including phenoxy) is 1. The molecular weight excluding hydrogens is 357 g/mol. The van der Waals surface area contributed by atoms with Crippen LogP contribution in [0, 0.1) is 5.82 Å². The lowest BCUT2D eigenvalue weighted by Crippen LogP contribution is -2.55. The molecule has 9 heteroatoms. The van der Waals surface area contributed by atoms with Gasteiger partial charge in [-0.05, 0) is 23.8 Å². The van der Waals surface area contributed by atoms with E-state index in [-0.39, 0.29) is 43.7 Å². The zero-order valence-electron chi connectivity index (χ0n) is 14.7. The Kier molecular flexibility index (Phi) is 5.41. The van der Waals surface area contributed by atoms with Gasteiger partial charge in [0, 0.05) is 37.0 Å². The van der Waals surface area contributed by atoms with Crippen molar-refractivity contribution in [2.75, 3.05) is 19.7 Å².